The molecule has 140 valence electrons. The van der Waals surface area contributed by atoms with E-state index >= 15 is 0 Å². The number of likely N-dealkylation sites (tertiary alicyclic amines) is 1. The normalized spacial score (nSPS) is 16.1. The van der Waals surface area contributed by atoms with Gasteiger partial charge in [0.25, 0.3) is 0 Å². The van der Waals surface area contributed by atoms with Gasteiger partial charge in [0, 0.05) is 53.2 Å². The summed E-state index contributed by atoms with van der Waals surface area (Å²) in [6, 6.07) is 10.1. The molecule has 2 rings (SSSR count). The molecular formula is C19H31N3O3. The van der Waals surface area contributed by atoms with Gasteiger partial charge in [-0.15, -0.1) is 0 Å². The van der Waals surface area contributed by atoms with Crippen LogP contribution in [0.3, 0.4) is 0 Å². The summed E-state index contributed by atoms with van der Waals surface area (Å²) >= 11 is 0. The van der Waals surface area contributed by atoms with Gasteiger partial charge in [0.1, 0.15) is 11.9 Å². The quantitative estimate of drug-likeness (QED) is 0.421. The lowest BCUT2D eigenvalue weighted by molar-refractivity contribution is 0.0697. The summed E-state index contributed by atoms with van der Waals surface area (Å²) in [7, 11) is 3.52. The molecule has 0 radical (unpaired) electrons. The Morgan fingerprint density at radius 1 is 1.16 bits per heavy atom. The van der Waals surface area contributed by atoms with E-state index in [9.17, 15) is 0 Å². The van der Waals surface area contributed by atoms with Gasteiger partial charge in [0.05, 0.1) is 13.2 Å². The first kappa shape index (κ1) is 19.5. The first-order chi connectivity index (χ1) is 12.3. The van der Waals surface area contributed by atoms with Gasteiger partial charge >= 0.3 is 0 Å². The number of piperidine rings is 1. The van der Waals surface area contributed by atoms with Gasteiger partial charge in [-0.3, -0.25) is 4.99 Å². The zero-order valence-electron chi connectivity index (χ0n) is 15.4. The molecule has 0 aromatic heterocycles. The fraction of sp³-hybridized carbons (Fsp3) is 0.632. The first-order valence-corrected chi connectivity index (χ1v) is 9.07. The highest BCUT2D eigenvalue weighted by Crippen LogP contribution is 2.18. The van der Waals surface area contributed by atoms with Crippen molar-refractivity contribution < 1.29 is 14.2 Å². The molecule has 6 nitrogen and oxygen atoms in total. The second-order valence-corrected chi connectivity index (χ2v) is 6.05. The molecule has 0 bridgehead atoms. The maximum atomic E-state index is 6.05. The van der Waals surface area contributed by atoms with Crippen molar-refractivity contribution in [1.29, 1.82) is 0 Å². The Morgan fingerprint density at radius 2 is 1.92 bits per heavy atom. The van der Waals surface area contributed by atoms with Crippen LogP contribution in [-0.4, -0.2) is 70.6 Å². The van der Waals surface area contributed by atoms with Crippen molar-refractivity contribution >= 4 is 5.96 Å². The summed E-state index contributed by atoms with van der Waals surface area (Å²) in [5, 5.41) is 3.42. The highest BCUT2D eigenvalue weighted by molar-refractivity contribution is 5.79. The predicted molar refractivity (Wildman–Crippen MR) is 100 cm³/mol. The van der Waals surface area contributed by atoms with Crippen molar-refractivity contribution in [3.05, 3.63) is 30.3 Å². The zero-order valence-corrected chi connectivity index (χ0v) is 15.4. The van der Waals surface area contributed by atoms with E-state index < -0.39 is 0 Å². The molecule has 1 aliphatic rings. The summed E-state index contributed by atoms with van der Waals surface area (Å²) in [4.78, 5) is 6.70. The van der Waals surface area contributed by atoms with Gasteiger partial charge in [-0.05, 0) is 18.6 Å². The number of benzene rings is 1. The average Bonchev–Trinajstić information content (AvgIpc) is 2.66. The minimum atomic E-state index is 0.283. The number of ether oxygens (including phenoxy) is 3. The lowest BCUT2D eigenvalue weighted by Crippen LogP contribution is -2.47. The SMILES string of the molecule is CN=C(NCCCOCCOC)N1CCC(Oc2ccccc2)CC1. The average molecular weight is 349 g/mol. The van der Waals surface area contributed by atoms with Crippen LogP contribution in [0.25, 0.3) is 0 Å². The molecule has 0 aliphatic carbocycles. The number of nitrogens with one attached hydrogen (secondary N) is 1. The van der Waals surface area contributed by atoms with E-state index in [0.717, 1.165) is 57.2 Å². The van der Waals surface area contributed by atoms with E-state index in [1.165, 1.54) is 0 Å². The number of nitrogens with zero attached hydrogens (tertiary/aromatic N) is 2. The van der Waals surface area contributed by atoms with Crippen molar-refractivity contribution in [2.75, 3.05) is 53.6 Å². The Labute approximate surface area is 151 Å². The fourth-order valence-corrected chi connectivity index (χ4v) is 2.83. The van der Waals surface area contributed by atoms with Crippen LogP contribution in [0, 0.1) is 0 Å². The fourth-order valence-electron chi connectivity index (χ4n) is 2.83. The van der Waals surface area contributed by atoms with Gasteiger partial charge in [-0.1, -0.05) is 18.2 Å². The number of aliphatic imine (C=N–C) groups is 1. The molecule has 1 fully saturated rings. The first-order valence-electron chi connectivity index (χ1n) is 9.07. The van der Waals surface area contributed by atoms with Crippen molar-refractivity contribution in [3.63, 3.8) is 0 Å². The third-order valence-electron chi connectivity index (χ3n) is 4.18. The summed E-state index contributed by atoms with van der Waals surface area (Å²) < 4.78 is 16.5. The van der Waals surface area contributed by atoms with Gasteiger partial charge in [-0.25, -0.2) is 0 Å². The molecule has 6 heteroatoms. The monoisotopic (exact) mass is 349 g/mol. The van der Waals surface area contributed by atoms with Crippen LogP contribution in [0.2, 0.25) is 0 Å². The summed E-state index contributed by atoms with van der Waals surface area (Å²) in [6.07, 6.45) is 3.26. The molecule has 1 saturated heterocycles. The topological polar surface area (TPSA) is 55.3 Å². The molecule has 0 spiro atoms. The molecule has 0 unspecified atom stereocenters. The molecule has 0 saturated carbocycles. The van der Waals surface area contributed by atoms with Gasteiger partial charge in [-0.2, -0.15) is 0 Å². The Balaban J connectivity index is 1.62. The van der Waals surface area contributed by atoms with Gasteiger partial charge < -0.3 is 24.4 Å². The Morgan fingerprint density at radius 3 is 2.60 bits per heavy atom. The molecular weight excluding hydrogens is 318 g/mol. The van der Waals surface area contributed by atoms with Gasteiger partial charge in [0.2, 0.25) is 0 Å². The third-order valence-corrected chi connectivity index (χ3v) is 4.18. The van der Waals surface area contributed by atoms with E-state index in [0.29, 0.717) is 13.2 Å². The highest BCUT2D eigenvalue weighted by Gasteiger charge is 2.22. The Hall–Kier alpha value is -1.79. The third kappa shape index (κ3) is 7.32. The van der Waals surface area contributed by atoms with E-state index in [1.54, 1.807) is 7.11 Å². The highest BCUT2D eigenvalue weighted by atomic mass is 16.5. The zero-order chi connectivity index (χ0) is 17.7. The van der Waals surface area contributed by atoms with Crippen molar-refractivity contribution in [3.8, 4) is 5.75 Å². The van der Waals surface area contributed by atoms with Crippen molar-refractivity contribution in [2.45, 2.75) is 25.4 Å². The molecule has 1 aliphatic heterocycles. The smallest absolute Gasteiger partial charge is 0.193 e. The minimum absolute atomic E-state index is 0.283. The van der Waals surface area contributed by atoms with E-state index in [-0.39, 0.29) is 6.10 Å². The Kier molecular flexibility index (Phi) is 9.15. The van der Waals surface area contributed by atoms with Crippen LogP contribution in [0.4, 0.5) is 0 Å². The maximum absolute atomic E-state index is 6.05. The number of guanidine groups is 1. The number of para-hydroxylation sites is 1. The van der Waals surface area contributed by atoms with Gasteiger partial charge in [0.15, 0.2) is 5.96 Å². The van der Waals surface area contributed by atoms with Crippen LogP contribution >= 0.6 is 0 Å². The number of methoxy groups -OCH3 is 1. The van der Waals surface area contributed by atoms with E-state index in [2.05, 4.69) is 15.2 Å². The summed E-state index contributed by atoms with van der Waals surface area (Å²) in [5.74, 6) is 1.92. The van der Waals surface area contributed by atoms with Crippen LogP contribution < -0.4 is 10.1 Å². The van der Waals surface area contributed by atoms with Crippen LogP contribution in [0.15, 0.2) is 35.3 Å². The lowest BCUT2D eigenvalue weighted by atomic mass is 10.1. The molecule has 1 aromatic carbocycles. The minimum Gasteiger partial charge on any atom is -0.490 e. The van der Waals surface area contributed by atoms with Crippen LogP contribution in [0.1, 0.15) is 19.3 Å². The summed E-state index contributed by atoms with van der Waals surface area (Å²) in [6.45, 7) is 4.82. The predicted octanol–water partition coefficient (Wildman–Crippen LogP) is 2.16. The van der Waals surface area contributed by atoms with E-state index in [4.69, 9.17) is 14.2 Å². The molecule has 0 amide bonds. The molecule has 0 atom stereocenters. The summed E-state index contributed by atoms with van der Waals surface area (Å²) in [5.41, 5.74) is 0. The number of hydrogen-bond donors (Lipinski definition) is 1. The van der Waals surface area contributed by atoms with Crippen LogP contribution in [-0.2, 0) is 9.47 Å². The second kappa shape index (κ2) is 11.7. The molecule has 1 aromatic rings. The maximum Gasteiger partial charge on any atom is 0.193 e. The van der Waals surface area contributed by atoms with Crippen LogP contribution in [0.5, 0.6) is 5.75 Å². The Bertz CT molecular complexity index is 488. The number of rotatable bonds is 9. The molecule has 1 N–H and O–H groups in total. The second-order valence-electron chi connectivity index (χ2n) is 6.05. The van der Waals surface area contributed by atoms with Crippen molar-refractivity contribution in [2.24, 2.45) is 4.99 Å². The number of hydrogen-bond acceptors (Lipinski definition) is 4. The standard InChI is InChI=1S/C19H31N3O3/c1-20-19(21-11-6-14-24-16-15-23-2)22-12-9-18(10-13-22)25-17-7-4-3-5-8-17/h3-5,7-8,18H,6,9-16H2,1-2H3,(H,20,21). The van der Waals surface area contributed by atoms with E-state index in [1.807, 2.05) is 37.4 Å². The molecule has 25 heavy (non-hydrogen) atoms. The largest absolute Gasteiger partial charge is 0.490 e. The van der Waals surface area contributed by atoms with Crippen molar-refractivity contribution in [1.82, 2.24) is 10.2 Å². The lowest BCUT2D eigenvalue weighted by Gasteiger charge is -2.34. The molecule has 1 heterocycles.